The number of methoxy groups -OCH3 is 1. The second kappa shape index (κ2) is 9.64. The fourth-order valence-electron chi connectivity index (χ4n) is 4.75. The van der Waals surface area contributed by atoms with Crippen molar-refractivity contribution in [1.82, 2.24) is 0 Å². The fraction of sp³-hybridized carbons (Fsp3) is 0.520. The van der Waals surface area contributed by atoms with E-state index < -0.39 is 0 Å². The highest BCUT2D eigenvalue weighted by atomic mass is 16.5. The average Bonchev–Trinajstić information content (AvgIpc) is 2.76. The first-order valence-electron chi connectivity index (χ1n) is 11.0. The number of rotatable bonds is 8. The molecule has 0 aliphatic heterocycles. The molecule has 4 rings (SSSR count). The number of hydrogen-bond donors (Lipinski definition) is 1. The van der Waals surface area contributed by atoms with Crippen molar-refractivity contribution in [2.24, 2.45) is 0 Å². The van der Waals surface area contributed by atoms with Gasteiger partial charge in [0.05, 0.1) is 19.8 Å². The molecule has 156 valence electrons. The van der Waals surface area contributed by atoms with Crippen LogP contribution in [0.5, 0.6) is 11.5 Å². The molecule has 1 N–H and O–H groups in total. The van der Waals surface area contributed by atoms with Gasteiger partial charge in [-0.1, -0.05) is 12.1 Å². The van der Waals surface area contributed by atoms with E-state index in [1.54, 1.807) is 7.11 Å². The predicted octanol–water partition coefficient (Wildman–Crippen LogP) is 4.86. The highest BCUT2D eigenvalue weighted by molar-refractivity contribution is 5.83. The lowest BCUT2D eigenvalue weighted by atomic mass is 9.80. The van der Waals surface area contributed by atoms with Crippen molar-refractivity contribution in [3.8, 4) is 22.6 Å². The monoisotopic (exact) mass is 396 g/mol. The van der Waals surface area contributed by atoms with E-state index in [9.17, 15) is 5.11 Å². The summed E-state index contributed by atoms with van der Waals surface area (Å²) in [6, 6.07) is 8.29. The molecule has 2 aliphatic rings. The molecule has 2 aliphatic carbocycles. The SMILES string of the molecule is COCCOCCOc1ccc2c(c1-c1c(O)ccc3c1CCCC3)CCCC2. The third-order valence-corrected chi connectivity index (χ3v) is 6.17. The van der Waals surface area contributed by atoms with Crippen molar-refractivity contribution in [1.29, 1.82) is 0 Å². The van der Waals surface area contributed by atoms with Crippen molar-refractivity contribution >= 4 is 0 Å². The maximum atomic E-state index is 10.9. The summed E-state index contributed by atoms with van der Waals surface area (Å²) in [6.45, 7) is 2.18. The van der Waals surface area contributed by atoms with E-state index in [1.165, 1.54) is 47.9 Å². The van der Waals surface area contributed by atoms with Crippen LogP contribution in [0.15, 0.2) is 24.3 Å². The first kappa shape index (κ1) is 20.2. The Morgan fingerprint density at radius 2 is 1.34 bits per heavy atom. The first-order valence-corrected chi connectivity index (χ1v) is 11.0. The summed E-state index contributed by atoms with van der Waals surface area (Å²) in [5.74, 6) is 1.25. The molecular weight excluding hydrogens is 364 g/mol. The van der Waals surface area contributed by atoms with E-state index in [-0.39, 0.29) is 0 Å². The van der Waals surface area contributed by atoms with Crippen LogP contribution in [-0.4, -0.2) is 38.6 Å². The van der Waals surface area contributed by atoms with Crippen molar-refractivity contribution in [2.45, 2.75) is 51.4 Å². The van der Waals surface area contributed by atoms with E-state index >= 15 is 0 Å². The average molecular weight is 397 g/mol. The van der Waals surface area contributed by atoms with Crippen LogP contribution in [0.4, 0.5) is 0 Å². The van der Waals surface area contributed by atoms with E-state index in [1.807, 2.05) is 6.07 Å². The zero-order chi connectivity index (χ0) is 20.1. The maximum Gasteiger partial charge on any atom is 0.127 e. The Kier molecular flexibility index (Phi) is 6.73. The largest absolute Gasteiger partial charge is 0.507 e. The highest BCUT2D eigenvalue weighted by Crippen LogP contribution is 2.46. The second-order valence-corrected chi connectivity index (χ2v) is 8.04. The minimum atomic E-state index is 0.380. The van der Waals surface area contributed by atoms with Crippen molar-refractivity contribution in [2.75, 3.05) is 33.5 Å². The van der Waals surface area contributed by atoms with Gasteiger partial charge in [-0.15, -0.1) is 0 Å². The molecule has 0 saturated carbocycles. The molecular formula is C25H32O4. The molecule has 0 amide bonds. The number of phenols is 1. The van der Waals surface area contributed by atoms with E-state index in [2.05, 4.69) is 18.2 Å². The lowest BCUT2D eigenvalue weighted by Gasteiger charge is -2.27. The van der Waals surface area contributed by atoms with Crippen molar-refractivity contribution in [3.63, 3.8) is 0 Å². The van der Waals surface area contributed by atoms with Crippen molar-refractivity contribution < 1.29 is 19.3 Å². The van der Waals surface area contributed by atoms with E-state index in [0.29, 0.717) is 32.2 Å². The molecule has 0 heterocycles. The summed E-state index contributed by atoms with van der Waals surface area (Å²) < 4.78 is 16.8. The predicted molar refractivity (Wildman–Crippen MR) is 115 cm³/mol. The Hall–Kier alpha value is -2.04. The quantitative estimate of drug-likeness (QED) is 0.648. The number of aryl methyl sites for hydroxylation is 2. The Bertz CT molecular complexity index is 843. The third kappa shape index (κ3) is 4.44. The highest BCUT2D eigenvalue weighted by Gasteiger charge is 2.25. The van der Waals surface area contributed by atoms with Gasteiger partial charge in [-0.05, 0) is 85.8 Å². The van der Waals surface area contributed by atoms with Gasteiger partial charge >= 0.3 is 0 Å². The molecule has 0 atom stereocenters. The van der Waals surface area contributed by atoms with Crippen LogP contribution in [0, 0.1) is 0 Å². The molecule has 4 heteroatoms. The minimum absolute atomic E-state index is 0.380. The van der Waals surface area contributed by atoms with Crippen molar-refractivity contribution in [3.05, 3.63) is 46.5 Å². The summed E-state index contributed by atoms with van der Waals surface area (Å²) in [6.07, 6.45) is 9.13. The maximum absolute atomic E-state index is 10.9. The summed E-state index contributed by atoms with van der Waals surface area (Å²) in [7, 11) is 1.67. The number of benzene rings is 2. The van der Waals surface area contributed by atoms with Gasteiger partial charge in [0.15, 0.2) is 0 Å². The molecule has 0 aromatic heterocycles. The lowest BCUT2D eigenvalue weighted by Crippen LogP contribution is -2.13. The molecule has 0 radical (unpaired) electrons. The Balaban J connectivity index is 1.70. The van der Waals surface area contributed by atoms with Crippen LogP contribution in [0.2, 0.25) is 0 Å². The molecule has 0 unspecified atom stereocenters. The second-order valence-electron chi connectivity index (χ2n) is 8.04. The van der Waals surface area contributed by atoms with Gasteiger partial charge in [0.2, 0.25) is 0 Å². The number of hydrogen-bond acceptors (Lipinski definition) is 4. The Morgan fingerprint density at radius 1 is 0.724 bits per heavy atom. The smallest absolute Gasteiger partial charge is 0.127 e. The number of fused-ring (bicyclic) bond motifs is 2. The molecule has 0 saturated heterocycles. The number of aromatic hydroxyl groups is 1. The normalized spacial score (nSPS) is 15.6. The zero-order valence-corrected chi connectivity index (χ0v) is 17.5. The molecule has 4 nitrogen and oxygen atoms in total. The topological polar surface area (TPSA) is 47.9 Å². The summed E-state index contributed by atoms with van der Waals surface area (Å²) in [4.78, 5) is 0. The van der Waals surface area contributed by atoms with Crippen LogP contribution in [0.25, 0.3) is 11.1 Å². The standard InChI is InChI=1S/C25H32O4/c1-27-14-15-28-16-17-29-23-13-11-19-7-3-5-9-21(19)25(23)24-20-8-4-2-6-18(20)10-12-22(24)26/h10-13,26H,2-9,14-17H2,1H3. The molecule has 0 spiro atoms. The first-order chi connectivity index (χ1) is 14.3. The molecule has 2 aromatic carbocycles. The van der Waals surface area contributed by atoms with Gasteiger partial charge in [-0.3, -0.25) is 0 Å². The minimum Gasteiger partial charge on any atom is -0.507 e. The van der Waals surface area contributed by atoms with Gasteiger partial charge in [0.1, 0.15) is 18.1 Å². The summed E-state index contributed by atoms with van der Waals surface area (Å²) >= 11 is 0. The Labute approximate surface area is 173 Å². The zero-order valence-electron chi connectivity index (χ0n) is 17.5. The van der Waals surface area contributed by atoms with E-state index in [0.717, 1.165) is 42.6 Å². The Morgan fingerprint density at radius 3 is 2.07 bits per heavy atom. The number of ether oxygens (including phenoxy) is 3. The van der Waals surface area contributed by atoms with Crippen LogP contribution in [0.1, 0.15) is 47.9 Å². The number of phenolic OH excluding ortho intramolecular Hbond substituents is 1. The summed E-state index contributed by atoms with van der Waals surface area (Å²) in [5, 5.41) is 10.9. The van der Waals surface area contributed by atoms with Crippen LogP contribution >= 0.6 is 0 Å². The summed E-state index contributed by atoms with van der Waals surface area (Å²) in [5.41, 5.74) is 7.60. The van der Waals surface area contributed by atoms with Gasteiger partial charge < -0.3 is 19.3 Å². The molecule has 29 heavy (non-hydrogen) atoms. The van der Waals surface area contributed by atoms with Crippen LogP contribution in [-0.2, 0) is 35.2 Å². The van der Waals surface area contributed by atoms with Gasteiger partial charge in [0.25, 0.3) is 0 Å². The lowest BCUT2D eigenvalue weighted by molar-refractivity contribution is 0.0545. The van der Waals surface area contributed by atoms with Crippen LogP contribution < -0.4 is 4.74 Å². The van der Waals surface area contributed by atoms with Gasteiger partial charge in [-0.25, -0.2) is 0 Å². The third-order valence-electron chi connectivity index (χ3n) is 6.17. The van der Waals surface area contributed by atoms with Gasteiger partial charge in [-0.2, -0.15) is 0 Å². The van der Waals surface area contributed by atoms with Gasteiger partial charge in [0, 0.05) is 18.2 Å². The molecule has 0 bridgehead atoms. The van der Waals surface area contributed by atoms with Crippen LogP contribution in [0.3, 0.4) is 0 Å². The fourth-order valence-corrected chi connectivity index (χ4v) is 4.75. The molecule has 2 aromatic rings. The van der Waals surface area contributed by atoms with E-state index in [4.69, 9.17) is 14.2 Å². The molecule has 0 fully saturated rings.